The highest BCUT2D eigenvalue weighted by atomic mass is 16.6. The number of hydrogen-bond acceptors (Lipinski definition) is 5. The third kappa shape index (κ3) is 3.34. The summed E-state index contributed by atoms with van der Waals surface area (Å²) in [6.45, 7) is 0. The summed E-state index contributed by atoms with van der Waals surface area (Å²) in [6, 6.07) is 13.8. The van der Waals surface area contributed by atoms with Gasteiger partial charge in [0, 0.05) is 17.1 Å². The minimum atomic E-state index is -0.476. The molecule has 0 spiro atoms. The van der Waals surface area contributed by atoms with E-state index >= 15 is 0 Å². The van der Waals surface area contributed by atoms with Gasteiger partial charge in [0.1, 0.15) is 0 Å². The third-order valence-corrected chi connectivity index (χ3v) is 4.90. The van der Waals surface area contributed by atoms with Crippen molar-refractivity contribution >= 4 is 28.7 Å². The van der Waals surface area contributed by atoms with E-state index in [1.165, 1.54) is 12.3 Å². The molecule has 0 unspecified atom stereocenters. The lowest BCUT2D eigenvalue weighted by atomic mass is 9.89. The van der Waals surface area contributed by atoms with Crippen molar-refractivity contribution in [3.63, 3.8) is 0 Å². The number of hydrazone groups is 1. The van der Waals surface area contributed by atoms with E-state index in [9.17, 15) is 14.9 Å². The number of carbonyl (C=O) groups excluding carboxylic acids is 1. The van der Waals surface area contributed by atoms with Gasteiger partial charge in [-0.1, -0.05) is 30.3 Å². The van der Waals surface area contributed by atoms with Gasteiger partial charge in [0.15, 0.2) is 0 Å². The molecule has 0 fully saturated rings. The van der Waals surface area contributed by atoms with Crippen LogP contribution in [0.2, 0.25) is 0 Å². The summed E-state index contributed by atoms with van der Waals surface area (Å²) < 4.78 is 0. The minimum absolute atomic E-state index is 0.0627. The Hall–Kier alpha value is -3.61. The van der Waals surface area contributed by atoms with E-state index in [0.717, 1.165) is 47.8 Å². The van der Waals surface area contributed by atoms with Crippen molar-refractivity contribution in [2.75, 3.05) is 0 Å². The number of nitrogens with one attached hydrogen (secondary N) is 1. The molecule has 0 saturated heterocycles. The fourth-order valence-corrected chi connectivity index (χ4v) is 3.61. The van der Waals surface area contributed by atoms with Gasteiger partial charge in [-0.25, -0.2) is 5.43 Å². The molecule has 1 heterocycles. The van der Waals surface area contributed by atoms with Crippen LogP contribution in [0, 0.1) is 10.1 Å². The molecule has 140 valence electrons. The van der Waals surface area contributed by atoms with Crippen LogP contribution in [0.15, 0.2) is 53.6 Å². The van der Waals surface area contributed by atoms with E-state index in [2.05, 4.69) is 10.5 Å². The first-order chi connectivity index (χ1) is 13.6. The number of hydrogen-bond donors (Lipinski definition) is 1. The monoisotopic (exact) mass is 374 g/mol. The van der Waals surface area contributed by atoms with Gasteiger partial charge in [0.05, 0.1) is 27.8 Å². The number of para-hydroxylation sites is 2. The Morgan fingerprint density at radius 1 is 1.11 bits per heavy atom. The van der Waals surface area contributed by atoms with E-state index in [4.69, 9.17) is 4.98 Å². The molecule has 0 atom stereocenters. The zero-order valence-electron chi connectivity index (χ0n) is 15.1. The van der Waals surface area contributed by atoms with E-state index in [1.54, 1.807) is 18.2 Å². The summed E-state index contributed by atoms with van der Waals surface area (Å²) >= 11 is 0. The first-order valence-electron chi connectivity index (χ1n) is 9.12. The molecule has 2 aromatic carbocycles. The summed E-state index contributed by atoms with van der Waals surface area (Å²) in [5, 5.41) is 15.9. The third-order valence-electron chi connectivity index (χ3n) is 4.90. The first kappa shape index (κ1) is 17.8. The van der Waals surface area contributed by atoms with Crippen molar-refractivity contribution in [1.82, 2.24) is 10.4 Å². The fraction of sp³-hybridized carbons (Fsp3) is 0.190. The molecule has 1 amide bonds. The number of aryl methyl sites for hydroxylation is 1. The van der Waals surface area contributed by atoms with Crippen molar-refractivity contribution in [2.24, 2.45) is 5.10 Å². The standard InChI is InChI=1S/C21H18N4O3/c26-21(24-22-13-14-7-1-6-12-19(14)25(27)28)20-15-8-2-4-10-17(15)23-18-11-5-3-9-16(18)20/h1-2,4,6-8,10,12-13H,3,5,9,11H2,(H,24,26)/b22-13-. The van der Waals surface area contributed by atoms with Crippen molar-refractivity contribution in [3.05, 3.63) is 81.0 Å². The number of rotatable bonds is 4. The molecule has 0 aliphatic heterocycles. The SMILES string of the molecule is O=C(N/N=C\c1ccccc1[N+](=O)[O-])c1c2c(nc3ccccc13)CCCC2. The average Bonchev–Trinajstić information content (AvgIpc) is 2.72. The van der Waals surface area contributed by atoms with Crippen LogP contribution in [-0.4, -0.2) is 22.0 Å². The van der Waals surface area contributed by atoms with Gasteiger partial charge < -0.3 is 0 Å². The second-order valence-corrected chi connectivity index (χ2v) is 6.65. The molecule has 0 radical (unpaired) electrons. The molecule has 4 rings (SSSR count). The fourth-order valence-electron chi connectivity index (χ4n) is 3.61. The van der Waals surface area contributed by atoms with Gasteiger partial charge in [-0.05, 0) is 43.4 Å². The Morgan fingerprint density at radius 2 is 1.86 bits per heavy atom. The van der Waals surface area contributed by atoms with Crippen LogP contribution >= 0.6 is 0 Å². The Morgan fingerprint density at radius 3 is 2.71 bits per heavy atom. The smallest absolute Gasteiger partial charge is 0.267 e. The van der Waals surface area contributed by atoms with Crippen LogP contribution in [0.3, 0.4) is 0 Å². The highest BCUT2D eigenvalue weighted by molar-refractivity contribution is 6.08. The second-order valence-electron chi connectivity index (χ2n) is 6.65. The highest BCUT2D eigenvalue weighted by Crippen LogP contribution is 2.29. The molecule has 1 aliphatic carbocycles. The quantitative estimate of drug-likeness (QED) is 0.427. The number of nitro benzene ring substituents is 1. The Bertz CT molecular complexity index is 1110. The summed E-state index contributed by atoms with van der Waals surface area (Å²) in [5.74, 6) is -0.327. The number of fused-ring (bicyclic) bond motifs is 2. The van der Waals surface area contributed by atoms with Crippen molar-refractivity contribution in [1.29, 1.82) is 0 Å². The topological polar surface area (TPSA) is 97.5 Å². The van der Waals surface area contributed by atoms with Gasteiger partial charge >= 0.3 is 0 Å². The predicted molar refractivity (Wildman–Crippen MR) is 107 cm³/mol. The van der Waals surface area contributed by atoms with Crippen LogP contribution in [0.1, 0.15) is 40.0 Å². The van der Waals surface area contributed by atoms with Gasteiger partial charge in [-0.15, -0.1) is 0 Å². The van der Waals surface area contributed by atoms with E-state index in [1.807, 2.05) is 24.3 Å². The zero-order chi connectivity index (χ0) is 19.5. The van der Waals surface area contributed by atoms with Crippen molar-refractivity contribution in [3.8, 4) is 0 Å². The van der Waals surface area contributed by atoms with Gasteiger partial charge in [0.25, 0.3) is 11.6 Å². The summed E-state index contributed by atoms with van der Waals surface area (Å²) in [4.78, 5) is 28.3. The van der Waals surface area contributed by atoms with Crippen LogP contribution in [0.4, 0.5) is 5.69 Å². The largest absolute Gasteiger partial charge is 0.278 e. The molecule has 3 aromatic rings. The van der Waals surface area contributed by atoms with Gasteiger partial charge in [-0.2, -0.15) is 5.10 Å². The highest BCUT2D eigenvalue weighted by Gasteiger charge is 2.22. The average molecular weight is 374 g/mol. The zero-order valence-corrected chi connectivity index (χ0v) is 15.1. The molecule has 0 saturated carbocycles. The number of nitrogens with zero attached hydrogens (tertiary/aromatic N) is 3. The molecule has 0 bridgehead atoms. The summed E-state index contributed by atoms with van der Waals surface area (Å²) in [7, 11) is 0. The number of carbonyl (C=O) groups is 1. The predicted octanol–water partition coefficient (Wildman–Crippen LogP) is 3.79. The molecular weight excluding hydrogens is 356 g/mol. The van der Waals surface area contributed by atoms with E-state index < -0.39 is 4.92 Å². The van der Waals surface area contributed by atoms with E-state index in [-0.39, 0.29) is 11.6 Å². The summed E-state index contributed by atoms with van der Waals surface area (Å²) in [6.07, 6.45) is 5.05. The molecule has 7 nitrogen and oxygen atoms in total. The Labute approximate surface area is 161 Å². The maximum atomic E-state index is 13.0. The van der Waals surface area contributed by atoms with Crippen molar-refractivity contribution < 1.29 is 9.72 Å². The maximum Gasteiger partial charge on any atom is 0.278 e. The molecule has 7 heteroatoms. The van der Waals surface area contributed by atoms with Gasteiger partial charge in [-0.3, -0.25) is 19.9 Å². The van der Waals surface area contributed by atoms with Crippen LogP contribution in [0.5, 0.6) is 0 Å². The van der Waals surface area contributed by atoms with Crippen LogP contribution in [0.25, 0.3) is 10.9 Å². The first-order valence-corrected chi connectivity index (χ1v) is 9.12. The number of benzene rings is 2. The molecule has 1 aliphatic rings. The minimum Gasteiger partial charge on any atom is -0.267 e. The van der Waals surface area contributed by atoms with Crippen LogP contribution in [-0.2, 0) is 12.8 Å². The Balaban J connectivity index is 1.67. The number of nitro groups is 1. The lowest BCUT2D eigenvalue weighted by Crippen LogP contribution is -2.22. The number of amides is 1. The molecule has 28 heavy (non-hydrogen) atoms. The molecule has 1 N–H and O–H groups in total. The van der Waals surface area contributed by atoms with E-state index in [0.29, 0.717) is 11.1 Å². The van der Waals surface area contributed by atoms with Crippen LogP contribution < -0.4 is 5.43 Å². The Kier molecular flexibility index (Phi) is 4.80. The molecule has 1 aromatic heterocycles. The second kappa shape index (κ2) is 7.56. The number of pyridine rings is 1. The number of aromatic nitrogens is 1. The molecular formula is C21H18N4O3. The lowest BCUT2D eigenvalue weighted by Gasteiger charge is -2.19. The maximum absolute atomic E-state index is 13.0. The van der Waals surface area contributed by atoms with Gasteiger partial charge in [0.2, 0.25) is 0 Å². The lowest BCUT2D eigenvalue weighted by molar-refractivity contribution is -0.385. The van der Waals surface area contributed by atoms with Crippen molar-refractivity contribution in [2.45, 2.75) is 25.7 Å². The normalized spacial score (nSPS) is 13.4. The summed E-state index contributed by atoms with van der Waals surface area (Å²) in [5.41, 5.74) is 6.13.